The monoisotopic (exact) mass is 359 g/mol. The maximum absolute atomic E-state index is 12.2. The maximum atomic E-state index is 12.2. The molecule has 0 aromatic carbocycles. The SMILES string of the molecule is NC(N)=NC(=O)c1nc(-c2cccs2)c(N2CCCCCC2)nc1N. The van der Waals surface area contributed by atoms with Crippen LogP contribution in [-0.2, 0) is 0 Å². The van der Waals surface area contributed by atoms with Crippen LogP contribution in [0, 0.1) is 0 Å². The quantitative estimate of drug-likeness (QED) is 0.559. The van der Waals surface area contributed by atoms with Crippen LogP contribution in [0.25, 0.3) is 10.6 Å². The second kappa shape index (κ2) is 7.47. The second-order valence-corrected chi connectivity index (χ2v) is 6.80. The molecule has 6 N–H and O–H groups in total. The minimum Gasteiger partial charge on any atom is -0.382 e. The van der Waals surface area contributed by atoms with E-state index in [0.29, 0.717) is 11.5 Å². The van der Waals surface area contributed by atoms with Gasteiger partial charge in [-0.05, 0) is 24.3 Å². The Kier molecular flexibility index (Phi) is 5.13. The molecule has 0 saturated carbocycles. The average Bonchev–Trinajstić information content (AvgIpc) is 2.96. The Bertz CT molecular complexity index is 776. The standard InChI is InChI=1S/C16H21N7OS/c17-13-12(15(24)22-16(18)19)20-11(10-6-5-9-25-10)14(21-13)23-7-3-1-2-4-8-23/h5-6,9H,1-4,7-8H2,(H2,17,21)(H4,18,19,22,24). The Balaban J connectivity index is 2.09. The number of aliphatic imine (C=N–C) groups is 1. The third-order valence-corrected chi connectivity index (χ3v) is 4.87. The van der Waals surface area contributed by atoms with Gasteiger partial charge < -0.3 is 22.1 Å². The summed E-state index contributed by atoms with van der Waals surface area (Å²) in [6, 6.07) is 3.88. The molecule has 0 atom stereocenters. The molecule has 1 amide bonds. The van der Waals surface area contributed by atoms with E-state index in [1.807, 2.05) is 17.5 Å². The number of rotatable bonds is 3. The van der Waals surface area contributed by atoms with Gasteiger partial charge in [0, 0.05) is 13.1 Å². The number of guanidine groups is 1. The van der Waals surface area contributed by atoms with Gasteiger partial charge >= 0.3 is 5.91 Å². The number of nitrogen functional groups attached to an aromatic ring is 1. The van der Waals surface area contributed by atoms with Gasteiger partial charge in [-0.15, -0.1) is 11.3 Å². The molecule has 8 nitrogen and oxygen atoms in total. The van der Waals surface area contributed by atoms with Crippen molar-refractivity contribution in [1.82, 2.24) is 9.97 Å². The van der Waals surface area contributed by atoms with Crippen LogP contribution in [0.15, 0.2) is 22.5 Å². The number of carbonyl (C=O) groups excluding carboxylic acids is 1. The number of amides is 1. The third kappa shape index (κ3) is 3.87. The van der Waals surface area contributed by atoms with Crippen LogP contribution in [0.5, 0.6) is 0 Å². The fourth-order valence-electron chi connectivity index (χ4n) is 2.85. The predicted molar refractivity (Wildman–Crippen MR) is 101 cm³/mol. The summed E-state index contributed by atoms with van der Waals surface area (Å²) in [6.07, 6.45) is 4.60. The highest BCUT2D eigenvalue weighted by molar-refractivity contribution is 7.13. The van der Waals surface area contributed by atoms with Crippen molar-refractivity contribution in [2.75, 3.05) is 23.7 Å². The molecule has 3 rings (SSSR count). The number of anilines is 2. The summed E-state index contributed by atoms with van der Waals surface area (Å²) < 4.78 is 0. The largest absolute Gasteiger partial charge is 0.382 e. The van der Waals surface area contributed by atoms with E-state index in [4.69, 9.17) is 17.2 Å². The molecule has 0 unspecified atom stereocenters. The van der Waals surface area contributed by atoms with Crippen LogP contribution in [0.4, 0.5) is 11.6 Å². The molecule has 132 valence electrons. The van der Waals surface area contributed by atoms with E-state index < -0.39 is 5.91 Å². The van der Waals surface area contributed by atoms with Crippen LogP contribution in [0.2, 0.25) is 0 Å². The fourth-order valence-corrected chi connectivity index (χ4v) is 3.56. The molecule has 1 saturated heterocycles. The Morgan fingerprint density at radius 3 is 2.48 bits per heavy atom. The van der Waals surface area contributed by atoms with Gasteiger partial charge in [-0.25, -0.2) is 9.97 Å². The highest BCUT2D eigenvalue weighted by Gasteiger charge is 2.23. The van der Waals surface area contributed by atoms with Crippen molar-refractivity contribution in [2.24, 2.45) is 16.5 Å². The van der Waals surface area contributed by atoms with Crippen LogP contribution >= 0.6 is 11.3 Å². The molecule has 0 bridgehead atoms. The number of carbonyl (C=O) groups is 1. The molecule has 25 heavy (non-hydrogen) atoms. The van der Waals surface area contributed by atoms with Crippen molar-refractivity contribution >= 4 is 34.8 Å². The highest BCUT2D eigenvalue weighted by Crippen LogP contribution is 2.33. The van der Waals surface area contributed by atoms with Gasteiger partial charge in [-0.3, -0.25) is 4.79 Å². The number of hydrogen-bond acceptors (Lipinski definition) is 6. The minimum atomic E-state index is -0.690. The molecule has 0 spiro atoms. The average molecular weight is 359 g/mol. The molecule has 0 radical (unpaired) electrons. The Hall–Kier alpha value is -2.68. The van der Waals surface area contributed by atoms with Crippen molar-refractivity contribution in [3.8, 4) is 10.6 Å². The van der Waals surface area contributed by atoms with Crippen molar-refractivity contribution in [3.63, 3.8) is 0 Å². The zero-order valence-corrected chi connectivity index (χ0v) is 14.6. The van der Waals surface area contributed by atoms with Gasteiger partial charge in [0.25, 0.3) is 0 Å². The van der Waals surface area contributed by atoms with Crippen LogP contribution in [-0.4, -0.2) is 34.9 Å². The smallest absolute Gasteiger partial charge is 0.302 e. The first-order chi connectivity index (χ1) is 12.1. The first-order valence-corrected chi connectivity index (χ1v) is 9.04. The molecular formula is C16H21N7OS. The van der Waals surface area contributed by atoms with Crippen LogP contribution < -0.4 is 22.1 Å². The van der Waals surface area contributed by atoms with Gasteiger partial charge in [-0.2, -0.15) is 4.99 Å². The van der Waals surface area contributed by atoms with Crippen molar-refractivity contribution in [2.45, 2.75) is 25.7 Å². The summed E-state index contributed by atoms with van der Waals surface area (Å²) in [4.78, 5) is 27.8. The Morgan fingerprint density at radius 2 is 1.88 bits per heavy atom. The summed E-state index contributed by atoms with van der Waals surface area (Å²) >= 11 is 1.53. The molecule has 1 fully saturated rings. The summed E-state index contributed by atoms with van der Waals surface area (Å²) in [6.45, 7) is 1.79. The molecule has 9 heteroatoms. The summed E-state index contributed by atoms with van der Waals surface area (Å²) in [5.41, 5.74) is 17.2. The lowest BCUT2D eigenvalue weighted by Crippen LogP contribution is -2.27. The van der Waals surface area contributed by atoms with E-state index in [2.05, 4.69) is 19.9 Å². The summed E-state index contributed by atoms with van der Waals surface area (Å²) in [7, 11) is 0. The van der Waals surface area contributed by atoms with E-state index in [9.17, 15) is 4.79 Å². The van der Waals surface area contributed by atoms with Gasteiger partial charge in [-0.1, -0.05) is 18.9 Å². The zero-order chi connectivity index (χ0) is 17.8. The van der Waals surface area contributed by atoms with E-state index in [1.54, 1.807) is 0 Å². The number of aromatic nitrogens is 2. The van der Waals surface area contributed by atoms with Gasteiger partial charge in [0.05, 0.1) is 4.88 Å². The summed E-state index contributed by atoms with van der Waals surface area (Å²) in [5.74, 6) is -0.275. The lowest BCUT2D eigenvalue weighted by Gasteiger charge is -2.24. The van der Waals surface area contributed by atoms with Crippen molar-refractivity contribution in [1.29, 1.82) is 0 Å². The topological polar surface area (TPSA) is 137 Å². The number of nitrogens with two attached hydrogens (primary N) is 3. The first kappa shape index (κ1) is 17.2. The normalized spacial score (nSPS) is 14.8. The first-order valence-electron chi connectivity index (χ1n) is 8.16. The maximum Gasteiger partial charge on any atom is 0.302 e. The lowest BCUT2D eigenvalue weighted by atomic mass is 10.2. The third-order valence-electron chi connectivity index (χ3n) is 4.00. The van der Waals surface area contributed by atoms with Crippen LogP contribution in [0.3, 0.4) is 0 Å². The lowest BCUT2D eigenvalue weighted by molar-refractivity contribution is 0.0998. The minimum absolute atomic E-state index is 0.0321. The van der Waals surface area contributed by atoms with Gasteiger partial charge in [0.2, 0.25) is 0 Å². The van der Waals surface area contributed by atoms with Crippen LogP contribution in [0.1, 0.15) is 36.2 Å². The van der Waals surface area contributed by atoms with Crippen molar-refractivity contribution in [3.05, 3.63) is 23.2 Å². The molecule has 1 aliphatic heterocycles. The zero-order valence-electron chi connectivity index (χ0n) is 13.8. The van der Waals surface area contributed by atoms with E-state index >= 15 is 0 Å². The fraction of sp³-hybridized carbons (Fsp3) is 0.375. The second-order valence-electron chi connectivity index (χ2n) is 5.85. The van der Waals surface area contributed by atoms with Gasteiger partial charge in [0.1, 0.15) is 5.69 Å². The Labute approximate surface area is 149 Å². The van der Waals surface area contributed by atoms with E-state index in [-0.39, 0.29) is 17.5 Å². The molecule has 0 aliphatic carbocycles. The van der Waals surface area contributed by atoms with E-state index in [1.165, 1.54) is 24.2 Å². The molecule has 2 aromatic rings. The summed E-state index contributed by atoms with van der Waals surface area (Å²) in [5, 5.41) is 1.96. The number of thiophene rings is 1. The van der Waals surface area contributed by atoms with E-state index in [0.717, 1.165) is 30.8 Å². The predicted octanol–water partition coefficient (Wildman–Crippen LogP) is 1.58. The molecule has 3 heterocycles. The Morgan fingerprint density at radius 1 is 1.16 bits per heavy atom. The van der Waals surface area contributed by atoms with Gasteiger partial charge in [0.15, 0.2) is 23.3 Å². The molecule has 1 aliphatic rings. The highest BCUT2D eigenvalue weighted by atomic mass is 32.1. The molecule has 2 aromatic heterocycles. The van der Waals surface area contributed by atoms with Crippen molar-refractivity contribution < 1.29 is 4.79 Å². The number of nitrogens with zero attached hydrogens (tertiary/aromatic N) is 4. The molecular weight excluding hydrogens is 338 g/mol. The number of hydrogen-bond donors (Lipinski definition) is 3.